The van der Waals surface area contributed by atoms with Gasteiger partial charge < -0.3 is 9.80 Å². The third kappa shape index (κ3) is 4.89. The van der Waals surface area contributed by atoms with Crippen LogP contribution in [-0.4, -0.2) is 98.4 Å². The second kappa shape index (κ2) is 8.44. The van der Waals surface area contributed by atoms with Gasteiger partial charge in [-0.05, 0) is 26.9 Å². The van der Waals surface area contributed by atoms with Gasteiger partial charge in [0, 0.05) is 52.4 Å². The highest BCUT2D eigenvalue weighted by Crippen LogP contribution is 2.11. The van der Waals surface area contributed by atoms with Gasteiger partial charge in [-0.3, -0.25) is 15.1 Å². The topological polar surface area (TPSA) is 25.0 Å². The van der Waals surface area contributed by atoms with E-state index in [1.807, 2.05) is 0 Å². The van der Waals surface area contributed by atoms with Crippen LogP contribution in [-0.2, 0) is 0 Å². The Bertz CT molecular complexity index is 254. The number of piperazine rings is 2. The zero-order valence-electron chi connectivity index (χ0n) is 14.5. The van der Waals surface area contributed by atoms with E-state index < -0.39 is 0 Å². The minimum atomic E-state index is 0.531. The number of likely N-dealkylation sites (N-methyl/N-ethyl adjacent to an activating group) is 2. The Hall–Kier alpha value is -0.200. The highest BCUT2D eigenvalue weighted by atomic mass is 15.4. The summed E-state index contributed by atoms with van der Waals surface area (Å²) in [6.45, 7) is 14.2. The van der Waals surface area contributed by atoms with Crippen molar-refractivity contribution in [2.24, 2.45) is 0 Å². The summed E-state index contributed by atoms with van der Waals surface area (Å²) >= 11 is 0. The molecule has 124 valence electrons. The average molecular weight is 297 g/mol. The Kier molecular flexibility index (Phi) is 6.89. The molecule has 2 saturated heterocycles. The van der Waals surface area contributed by atoms with E-state index in [9.17, 15) is 0 Å². The molecule has 0 amide bonds. The minimum Gasteiger partial charge on any atom is -0.304 e. The summed E-state index contributed by atoms with van der Waals surface area (Å²) in [4.78, 5) is 10.1. The molecule has 0 radical (unpaired) electrons. The molecule has 2 atom stereocenters. The largest absolute Gasteiger partial charge is 0.304 e. The van der Waals surface area contributed by atoms with Crippen LogP contribution in [0, 0.1) is 0 Å². The molecule has 0 aromatic heterocycles. The van der Waals surface area contributed by atoms with Crippen molar-refractivity contribution in [1.29, 1.82) is 0 Å². The minimum absolute atomic E-state index is 0.531. The smallest absolute Gasteiger partial charge is 0.0607 e. The predicted octanol–water partition coefficient (Wildman–Crippen LogP) is 0.543. The maximum atomic E-state index is 3.94. The van der Waals surface area contributed by atoms with Crippen molar-refractivity contribution in [2.45, 2.75) is 39.0 Å². The average Bonchev–Trinajstić information content (AvgIpc) is 2.51. The van der Waals surface area contributed by atoms with Crippen molar-refractivity contribution in [3.63, 3.8) is 0 Å². The molecule has 0 aromatic carbocycles. The molecule has 21 heavy (non-hydrogen) atoms. The molecule has 5 heteroatoms. The first-order valence-electron chi connectivity index (χ1n) is 8.75. The summed E-state index contributed by atoms with van der Waals surface area (Å²) in [6, 6.07) is 0. The van der Waals surface area contributed by atoms with E-state index in [0.717, 1.165) is 0 Å². The summed E-state index contributed by atoms with van der Waals surface area (Å²) in [7, 11) is 4.45. The van der Waals surface area contributed by atoms with E-state index in [1.165, 1.54) is 65.2 Å². The zero-order chi connectivity index (χ0) is 15.2. The second-order valence-corrected chi connectivity index (χ2v) is 6.69. The molecule has 2 unspecified atom stereocenters. The van der Waals surface area contributed by atoms with Crippen molar-refractivity contribution in [1.82, 2.24) is 24.9 Å². The molecule has 0 spiro atoms. The van der Waals surface area contributed by atoms with Crippen molar-refractivity contribution in [3.8, 4) is 0 Å². The number of nitrogens with zero attached hydrogens (tertiary/aromatic N) is 4. The lowest BCUT2D eigenvalue weighted by atomic mass is 10.2. The monoisotopic (exact) mass is 297 g/mol. The lowest BCUT2D eigenvalue weighted by Gasteiger charge is -2.43. The van der Waals surface area contributed by atoms with Crippen LogP contribution in [0.2, 0.25) is 0 Å². The number of hydrogen-bond donors (Lipinski definition) is 1. The Morgan fingerprint density at radius 2 is 1.00 bits per heavy atom. The first-order chi connectivity index (χ1) is 10.1. The molecule has 0 aromatic rings. The Morgan fingerprint density at radius 3 is 1.29 bits per heavy atom. The zero-order valence-corrected chi connectivity index (χ0v) is 14.5. The van der Waals surface area contributed by atoms with E-state index in [-0.39, 0.29) is 0 Å². The van der Waals surface area contributed by atoms with Gasteiger partial charge in [0.1, 0.15) is 0 Å². The Balaban J connectivity index is 1.86. The van der Waals surface area contributed by atoms with Crippen LogP contribution in [0.4, 0.5) is 0 Å². The standard InChI is InChI=1S/C16H35N5/c1-5-15(20-11-7-18(3)8-12-20)17-16(6-2)21-13-9-19(4)10-14-21/h15-17H,5-14H2,1-4H3. The van der Waals surface area contributed by atoms with Gasteiger partial charge in [-0.15, -0.1) is 0 Å². The predicted molar refractivity (Wildman–Crippen MR) is 89.4 cm³/mol. The number of nitrogens with one attached hydrogen (secondary N) is 1. The molecule has 5 nitrogen and oxygen atoms in total. The van der Waals surface area contributed by atoms with Crippen molar-refractivity contribution in [2.75, 3.05) is 66.5 Å². The first kappa shape index (κ1) is 17.2. The fourth-order valence-electron chi connectivity index (χ4n) is 3.45. The summed E-state index contributed by atoms with van der Waals surface area (Å²) < 4.78 is 0. The molecule has 0 saturated carbocycles. The molecule has 2 aliphatic heterocycles. The van der Waals surface area contributed by atoms with Gasteiger partial charge in [-0.2, -0.15) is 0 Å². The van der Waals surface area contributed by atoms with Gasteiger partial charge in [0.2, 0.25) is 0 Å². The molecule has 2 fully saturated rings. The van der Waals surface area contributed by atoms with Crippen LogP contribution in [0.25, 0.3) is 0 Å². The fraction of sp³-hybridized carbons (Fsp3) is 1.00. The van der Waals surface area contributed by atoms with Gasteiger partial charge in [0.05, 0.1) is 12.3 Å². The molecule has 0 aliphatic carbocycles. The third-order valence-electron chi connectivity index (χ3n) is 5.12. The van der Waals surface area contributed by atoms with E-state index in [0.29, 0.717) is 12.3 Å². The summed E-state index contributed by atoms with van der Waals surface area (Å²) in [5.74, 6) is 0. The first-order valence-corrected chi connectivity index (χ1v) is 8.75. The van der Waals surface area contributed by atoms with Gasteiger partial charge >= 0.3 is 0 Å². The lowest BCUT2D eigenvalue weighted by Crippen LogP contribution is -2.60. The number of hydrogen-bond acceptors (Lipinski definition) is 5. The maximum absolute atomic E-state index is 3.94. The van der Waals surface area contributed by atoms with Gasteiger partial charge in [0.15, 0.2) is 0 Å². The molecule has 2 heterocycles. The highest BCUT2D eigenvalue weighted by molar-refractivity contribution is 4.81. The molecule has 0 bridgehead atoms. The summed E-state index contributed by atoms with van der Waals surface area (Å²) in [6.07, 6.45) is 3.44. The van der Waals surface area contributed by atoms with E-state index in [1.54, 1.807) is 0 Å². The molecular weight excluding hydrogens is 262 g/mol. The van der Waals surface area contributed by atoms with Crippen molar-refractivity contribution < 1.29 is 0 Å². The third-order valence-corrected chi connectivity index (χ3v) is 5.12. The van der Waals surface area contributed by atoms with Crippen LogP contribution < -0.4 is 5.32 Å². The quantitative estimate of drug-likeness (QED) is 0.772. The van der Waals surface area contributed by atoms with Crippen LogP contribution in [0.5, 0.6) is 0 Å². The fourth-order valence-corrected chi connectivity index (χ4v) is 3.45. The molecule has 2 aliphatic rings. The Labute approximate surface area is 131 Å². The van der Waals surface area contributed by atoms with E-state index in [4.69, 9.17) is 0 Å². The van der Waals surface area contributed by atoms with Crippen molar-refractivity contribution >= 4 is 0 Å². The summed E-state index contributed by atoms with van der Waals surface area (Å²) in [5.41, 5.74) is 0. The van der Waals surface area contributed by atoms with Crippen LogP contribution in [0.15, 0.2) is 0 Å². The van der Waals surface area contributed by atoms with Gasteiger partial charge in [-0.1, -0.05) is 13.8 Å². The van der Waals surface area contributed by atoms with Crippen molar-refractivity contribution in [3.05, 3.63) is 0 Å². The van der Waals surface area contributed by atoms with E-state index in [2.05, 4.69) is 52.9 Å². The van der Waals surface area contributed by atoms with Crippen LogP contribution in [0.3, 0.4) is 0 Å². The SMILES string of the molecule is CCC(NC(CC)N1CCN(C)CC1)N1CCN(C)CC1. The lowest BCUT2D eigenvalue weighted by molar-refractivity contribution is 0.0368. The second-order valence-electron chi connectivity index (χ2n) is 6.69. The molecular formula is C16H35N5. The Morgan fingerprint density at radius 1 is 0.667 bits per heavy atom. The summed E-state index contributed by atoms with van der Waals surface area (Å²) in [5, 5.41) is 3.94. The van der Waals surface area contributed by atoms with Crippen LogP contribution >= 0.6 is 0 Å². The molecule has 2 rings (SSSR count). The van der Waals surface area contributed by atoms with Crippen LogP contribution in [0.1, 0.15) is 26.7 Å². The van der Waals surface area contributed by atoms with Gasteiger partial charge in [-0.25, -0.2) is 0 Å². The maximum Gasteiger partial charge on any atom is 0.0607 e. The van der Waals surface area contributed by atoms with E-state index >= 15 is 0 Å². The number of rotatable bonds is 6. The van der Waals surface area contributed by atoms with Gasteiger partial charge in [0.25, 0.3) is 0 Å². The molecule has 1 N–H and O–H groups in total. The normalized spacial score (nSPS) is 26.9. The highest BCUT2D eigenvalue weighted by Gasteiger charge is 2.26.